The SMILES string of the molecule is O=C(O)CCC(NC(=O)OCC1c2ccccc2-c2ccccc21)C(=O)N(Cc1ccccc1)c1ccccc1. The van der Waals surface area contributed by atoms with E-state index in [1.807, 2.05) is 97.1 Å². The highest BCUT2D eigenvalue weighted by Crippen LogP contribution is 2.44. The molecule has 0 fully saturated rings. The number of hydrogen-bond acceptors (Lipinski definition) is 4. The van der Waals surface area contributed by atoms with Gasteiger partial charge in [0.25, 0.3) is 0 Å². The number of alkyl carbamates (subject to hydrolysis) is 1. The van der Waals surface area contributed by atoms with Crippen LogP contribution >= 0.6 is 0 Å². The Hall–Kier alpha value is -4.91. The Morgan fingerprint density at radius 3 is 1.93 bits per heavy atom. The van der Waals surface area contributed by atoms with Gasteiger partial charge < -0.3 is 20.1 Å². The number of nitrogens with zero attached hydrogens (tertiary/aromatic N) is 1. The number of ether oxygens (including phenoxy) is 1. The van der Waals surface area contributed by atoms with Gasteiger partial charge in [-0.25, -0.2) is 4.79 Å². The molecule has 1 aliphatic carbocycles. The first kappa shape index (κ1) is 26.7. The molecule has 1 aliphatic rings. The second-order valence-electron chi connectivity index (χ2n) is 9.70. The van der Waals surface area contributed by atoms with Crippen LogP contribution in [0.25, 0.3) is 11.1 Å². The van der Waals surface area contributed by atoms with Crippen molar-refractivity contribution in [1.29, 1.82) is 0 Å². The van der Waals surface area contributed by atoms with Crippen molar-refractivity contribution in [3.63, 3.8) is 0 Å². The van der Waals surface area contributed by atoms with Gasteiger partial charge in [-0.3, -0.25) is 9.59 Å². The van der Waals surface area contributed by atoms with E-state index in [1.54, 1.807) is 4.90 Å². The van der Waals surface area contributed by atoms with Crippen LogP contribution in [-0.4, -0.2) is 35.7 Å². The van der Waals surface area contributed by atoms with E-state index >= 15 is 0 Å². The van der Waals surface area contributed by atoms with Gasteiger partial charge in [0, 0.05) is 18.0 Å². The second kappa shape index (κ2) is 12.3. The van der Waals surface area contributed by atoms with E-state index < -0.39 is 24.0 Å². The molecule has 2 amide bonds. The van der Waals surface area contributed by atoms with Crippen LogP contribution in [0.5, 0.6) is 0 Å². The van der Waals surface area contributed by atoms with Crippen molar-refractivity contribution in [3.8, 4) is 11.1 Å². The van der Waals surface area contributed by atoms with Crippen molar-refractivity contribution >= 4 is 23.7 Å². The zero-order valence-electron chi connectivity index (χ0n) is 21.9. The number of hydrogen-bond donors (Lipinski definition) is 2. The lowest BCUT2D eigenvalue weighted by atomic mass is 9.98. The summed E-state index contributed by atoms with van der Waals surface area (Å²) < 4.78 is 5.66. The third-order valence-electron chi connectivity index (χ3n) is 7.10. The van der Waals surface area contributed by atoms with Gasteiger partial charge in [0.15, 0.2) is 0 Å². The van der Waals surface area contributed by atoms with Crippen molar-refractivity contribution in [3.05, 3.63) is 126 Å². The Morgan fingerprint density at radius 1 is 0.775 bits per heavy atom. The van der Waals surface area contributed by atoms with Gasteiger partial charge in [-0.1, -0.05) is 97.1 Å². The van der Waals surface area contributed by atoms with Crippen LogP contribution in [0.15, 0.2) is 109 Å². The van der Waals surface area contributed by atoms with Crippen molar-refractivity contribution in [2.45, 2.75) is 31.3 Å². The van der Waals surface area contributed by atoms with Gasteiger partial charge in [-0.2, -0.15) is 0 Å². The molecule has 4 aromatic carbocycles. The monoisotopic (exact) mass is 534 g/mol. The number of anilines is 1. The molecular formula is C33H30N2O5. The van der Waals surface area contributed by atoms with Crippen molar-refractivity contribution in [1.82, 2.24) is 5.32 Å². The smallest absolute Gasteiger partial charge is 0.407 e. The first-order chi connectivity index (χ1) is 19.5. The standard InChI is InChI=1S/C33H30N2O5/c36-31(37)20-19-30(32(38)35(24-13-5-2-6-14-24)21-23-11-3-1-4-12-23)34-33(39)40-22-29-27-17-9-7-15-25(27)26-16-8-10-18-28(26)29/h1-18,29-30H,19-22H2,(H,34,39)(H,36,37). The van der Waals surface area contributed by atoms with Crippen molar-refractivity contribution < 1.29 is 24.2 Å². The molecular weight excluding hydrogens is 504 g/mol. The van der Waals surface area contributed by atoms with Crippen LogP contribution in [-0.2, 0) is 20.9 Å². The Balaban J connectivity index is 1.33. The normalized spacial score (nSPS) is 12.6. The minimum atomic E-state index is -1.09. The number of aliphatic carboxylic acids is 1. The van der Waals surface area contributed by atoms with Gasteiger partial charge in [0.1, 0.15) is 12.6 Å². The molecule has 0 heterocycles. The predicted molar refractivity (Wildman–Crippen MR) is 153 cm³/mol. The molecule has 1 atom stereocenters. The largest absolute Gasteiger partial charge is 0.481 e. The lowest BCUT2D eigenvalue weighted by Gasteiger charge is -2.28. The highest BCUT2D eigenvalue weighted by molar-refractivity contribution is 5.98. The van der Waals surface area contributed by atoms with Gasteiger partial charge in [0.05, 0.1) is 6.54 Å². The number of carboxylic acid groups (broad SMARTS) is 1. The van der Waals surface area contributed by atoms with E-state index in [-0.39, 0.29) is 31.9 Å². The maximum Gasteiger partial charge on any atom is 0.407 e. The average molecular weight is 535 g/mol. The van der Waals surface area contributed by atoms with E-state index in [4.69, 9.17) is 4.74 Å². The summed E-state index contributed by atoms with van der Waals surface area (Å²) in [5.41, 5.74) is 5.92. The minimum absolute atomic E-state index is 0.0729. The first-order valence-corrected chi connectivity index (χ1v) is 13.2. The van der Waals surface area contributed by atoms with Crippen LogP contribution in [0.2, 0.25) is 0 Å². The highest BCUT2D eigenvalue weighted by Gasteiger charge is 2.31. The Bertz CT molecular complexity index is 1440. The van der Waals surface area contributed by atoms with Crippen LogP contribution in [0, 0.1) is 0 Å². The number of rotatable bonds is 10. The zero-order chi connectivity index (χ0) is 27.9. The minimum Gasteiger partial charge on any atom is -0.481 e. The maximum atomic E-state index is 13.8. The molecule has 0 aromatic heterocycles. The number of nitrogens with one attached hydrogen (secondary N) is 1. The lowest BCUT2D eigenvalue weighted by Crippen LogP contribution is -2.49. The van der Waals surface area contributed by atoms with E-state index in [0.717, 1.165) is 27.8 Å². The molecule has 7 heteroatoms. The number of para-hydroxylation sites is 1. The van der Waals surface area contributed by atoms with Crippen LogP contribution < -0.4 is 10.2 Å². The number of amides is 2. The third kappa shape index (κ3) is 6.04. The summed E-state index contributed by atoms with van der Waals surface area (Å²) in [6.45, 7) is 0.353. The molecule has 1 unspecified atom stereocenters. The highest BCUT2D eigenvalue weighted by atomic mass is 16.5. The molecule has 5 rings (SSSR count). The van der Waals surface area contributed by atoms with Crippen LogP contribution in [0.4, 0.5) is 10.5 Å². The summed E-state index contributed by atoms with van der Waals surface area (Å²) in [7, 11) is 0. The molecule has 4 aromatic rings. The molecule has 202 valence electrons. The van der Waals surface area contributed by atoms with E-state index in [9.17, 15) is 19.5 Å². The van der Waals surface area contributed by atoms with Gasteiger partial charge in [-0.05, 0) is 46.4 Å². The fraction of sp³-hybridized carbons (Fsp3) is 0.182. The topological polar surface area (TPSA) is 95.9 Å². The van der Waals surface area contributed by atoms with Gasteiger partial charge >= 0.3 is 12.1 Å². The number of carbonyl (C=O) groups is 3. The Morgan fingerprint density at radius 2 is 1.32 bits per heavy atom. The van der Waals surface area contributed by atoms with E-state index in [1.165, 1.54) is 0 Å². The number of benzene rings is 4. The molecule has 40 heavy (non-hydrogen) atoms. The summed E-state index contributed by atoms with van der Waals surface area (Å²) in [4.78, 5) is 39.9. The molecule has 2 N–H and O–H groups in total. The van der Waals surface area contributed by atoms with Crippen LogP contribution in [0.1, 0.15) is 35.4 Å². The average Bonchev–Trinajstić information content (AvgIpc) is 3.31. The fourth-order valence-electron chi connectivity index (χ4n) is 5.17. The molecule has 0 saturated heterocycles. The molecule has 0 radical (unpaired) electrons. The summed E-state index contributed by atoms with van der Waals surface area (Å²) >= 11 is 0. The molecule has 0 saturated carbocycles. The first-order valence-electron chi connectivity index (χ1n) is 13.2. The molecule has 7 nitrogen and oxygen atoms in total. The number of carbonyl (C=O) groups excluding carboxylic acids is 2. The summed E-state index contributed by atoms with van der Waals surface area (Å²) in [6, 6.07) is 33.6. The second-order valence-corrected chi connectivity index (χ2v) is 9.70. The Kier molecular flexibility index (Phi) is 8.21. The lowest BCUT2D eigenvalue weighted by molar-refractivity contribution is -0.137. The Labute approximate surface area is 233 Å². The fourth-order valence-corrected chi connectivity index (χ4v) is 5.17. The molecule has 0 bridgehead atoms. The molecule has 0 spiro atoms. The van der Waals surface area contributed by atoms with Crippen molar-refractivity contribution in [2.24, 2.45) is 0 Å². The van der Waals surface area contributed by atoms with E-state index in [2.05, 4.69) is 17.4 Å². The van der Waals surface area contributed by atoms with E-state index in [0.29, 0.717) is 5.69 Å². The predicted octanol–water partition coefficient (Wildman–Crippen LogP) is 5.99. The number of fused-ring (bicyclic) bond motifs is 3. The molecule has 0 aliphatic heterocycles. The van der Waals surface area contributed by atoms with Crippen molar-refractivity contribution in [2.75, 3.05) is 11.5 Å². The maximum absolute atomic E-state index is 13.8. The number of carboxylic acids is 1. The quantitative estimate of drug-likeness (QED) is 0.261. The third-order valence-corrected chi connectivity index (χ3v) is 7.10. The summed E-state index contributed by atoms with van der Waals surface area (Å²) in [6.07, 6.45) is -1.12. The van der Waals surface area contributed by atoms with Crippen LogP contribution in [0.3, 0.4) is 0 Å². The van der Waals surface area contributed by atoms with Gasteiger partial charge in [0.2, 0.25) is 5.91 Å². The summed E-state index contributed by atoms with van der Waals surface area (Å²) in [5.74, 6) is -1.60. The zero-order valence-corrected chi connectivity index (χ0v) is 21.9. The summed E-state index contributed by atoms with van der Waals surface area (Å²) in [5, 5.41) is 12.0. The van der Waals surface area contributed by atoms with Gasteiger partial charge in [-0.15, -0.1) is 0 Å².